The Bertz CT molecular complexity index is 934. The Kier molecular flexibility index (Phi) is 4.64. The van der Waals surface area contributed by atoms with E-state index in [0.29, 0.717) is 0 Å². The number of hydrogen-bond acceptors (Lipinski definition) is 3. The summed E-state index contributed by atoms with van der Waals surface area (Å²) in [6.45, 7) is 6.16. The molecular weight excluding hydrogens is 329 g/mol. The molecule has 4 rings (SSSR count). The van der Waals surface area contributed by atoms with Gasteiger partial charge >= 0.3 is 0 Å². The van der Waals surface area contributed by atoms with Crippen molar-refractivity contribution in [2.45, 2.75) is 32.9 Å². The Hall–Kier alpha value is -2.40. The van der Waals surface area contributed by atoms with Crippen molar-refractivity contribution in [3.8, 4) is 5.75 Å². The van der Waals surface area contributed by atoms with Crippen LogP contribution < -0.4 is 4.74 Å². The molecule has 5 heteroatoms. The number of ether oxygens (including phenoxy) is 1. The van der Waals surface area contributed by atoms with Crippen LogP contribution in [0.2, 0.25) is 0 Å². The van der Waals surface area contributed by atoms with Gasteiger partial charge in [-0.1, -0.05) is 6.92 Å². The molecule has 1 aromatic carbocycles. The molecule has 0 bridgehead atoms. The molecular formula is C21H24FN3O. The van der Waals surface area contributed by atoms with Gasteiger partial charge in [-0.05, 0) is 48.4 Å². The number of halogens is 1. The van der Waals surface area contributed by atoms with E-state index in [1.807, 2.05) is 6.07 Å². The third kappa shape index (κ3) is 3.07. The van der Waals surface area contributed by atoms with Crippen LogP contribution in [-0.2, 0) is 25.9 Å². The van der Waals surface area contributed by atoms with Crippen molar-refractivity contribution < 1.29 is 9.13 Å². The van der Waals surface area contributed by atoms with Crippen molar-refractivity contribution in [1.82, 2.24) is 14.5 Å². The standard InChI is InChI=1S/C21H24FN3O/c1-3-24-8-7-21-19(14-24)18-11-17(26-2)4-5-20(18)25(21)9-6-15-10-16(22)13-23-12-15/h4-5,10-13H,3,6-9,14H2,1-2H3. The van der Waals surface area contributed by atoms with Gasteiger partial charge < -0.3 is 9.30 Å². The van der Waals surface area contributed by atoms with E-state index in [1.165, 1.54) is 28.4 Å². The van der Waals surface area contributed by atoms with Crippen LogP contribution in [0.5, 0.6) is 5.75 Å². The lowest BCUT2D eigenvalue weighted by Crippen LogP contribution is -2.30. The van der Waals surface area contributed by atoms with Crippen molar-refractivity contribution >= 4 is 10.9 Å². The lowest BCUT2D eigenvalue weighted by Gasteiger charge is -2.27. The summed E-state index contributed by atoms with van der Waals surface area (Å²) in [7, 11) is 1.71. The predicted molar refractivity (Wildman–Crippen MR) is 101 cm³/mol. The Morgan fingerprint density at radius 1 is 1.23 bits per heavy atom. The maximum atomic E-state index is 13.4. The van der Waals surface area contributed by atoms with Gasteiger partial charge in [0.15, 0.2) is 0 Å². The number of likely N-dealkylation sites (N-methyl/N-ethyl adjacent to an activating group) is 1. The lowest BCUT2D eigenvalue weighted by atomic mass is 10.0. The topological polar surface area (TPSA) is 30.3 Å². The van der Waals surface area contributed by atoms with Gasteiger partial charge in [0.2, 0.25) is 0 Å². The van der Waals surface area contributed by atoms with E-state index in [0.717, 1.165) is 50.3 Å². The molecule has 1 aliphatic rings. The van der Waals surface area contributed by atoms with Gasteiger partial charge in [0.25, 0.3) is 0 Å². The van der Waals surface area contributed by atoms with Crippen molar-refractivity contribution in [2.75, 3.05) is 20.2 Å². The van der Waals surface area contributed by atoms with Crippen LogP contribution in [-0.4, -0.2) is 34.7 Å². The molecule has 3 heterocycles. The zero-order chi connectivity index (χ0) is 18.1. The van der Waals surface area contributed by atoms with Crippen LogP contribution >= 0.6 is 0 Å². The monoisotopic (exact) mass is 353 g/mol. The first-order valence-corrected chi connectivity index (χ1v) is 9.19. The second-order valence-corrected chi connectivity index (χ2v) is 6.84. The van der Waals surface area contributed by atoms with Gasteiger partial charge in [0.1, 0.15) is 11.6 Å². The van der Waals surface area contributed by atoms with E-state index in [4.69, 9.17) is 4.74 Å². The molecule has 4 nitrogen and oxygen atoms in total. The summed E-state index contributed by atoms with van der Waals surface area (Å²) in [5.74, 6) is 0.616. The number of nitrogens with zero attached hydrogens (tertiary/aromatic N) is 3. The smallest absolute Gasteiger partial charge is 0.141 e. The Balaban J connectivity index is 1.74. The van der Waals surface area contributed by atoms with Crippen LogP contribution in [0.1, 0.15) is 23.7 Å². The highest BCUT2D eigenvalue weighted by Gasteiger charge is 2.23. The molecule has 0 radical (unpaired) electrons. The van der Waals surface area contributed by atoms with Gasteiger partial charge in [0.05, 0.1) is 13.3 Å². The molecule has 0 amide bonds. The molecule has 0 aliphatic carbocycles. The highest BCUT2D eigenvalue weighted by atomic mass is 19.1. The summed E-state index contributed by atoms with van der Waals surface area (Å²) in [4.78, 5) is 6.44. The fraction of sp³-hybridized carbons (Fsp3) is 0.381. The predicted octanol–water partition coefficient (Wildman–Crippen LogP) is 3.80. The minimum Gasteiger partial charge on any atom is -0.497 e. The van der Waals surface area contributed by atoms with E-state index < -0.39 is 0 Å². The third-order valence-corrected chi connectivity index (χ3v) is 5.37. The number of benzene rings is 1. The number of aryl methyl sites for hydroxylation is 2. The average molecular weight is 353 g/mol. The van der Waals surface area contributed by atoms with Crippen molar-refractivity contribution in [2.24, 2.45) is 0 Å². The summed E-state index contributed by atoms with van der Waals surface area (Å²) >= 11 is 0. The molecule has 3 aromatic rings. The Labute approximate surface area is 153 Å². The third-order valence-electron chi connectivity index (χ3n) is 5.37. The summed E-state index contributed by atoms with van der Waals surface area (Å²) in [6, 6.07) is 7.89. The molecule has 136 valence electrons. The van der Waals surface area contributed by atoms with Crippen molar-refractivity contribution in [3.63, 3.8) is 0 Å². The first-order valence-electron chi connectivity index (χ1n) is 9.19. The highest BCUT2D eigenvalue weighted by Crippen LogP contribution is 2.33. The zero-order valence-electron chi connectivity index (χ0n) is 15.3. The van der Waals surface area contributed by atoms with E-state index in [1.54, 1.807) is 19.4 Å². The fourth-order valence-electron chi connectivity index (χ4n) is 3.97. The first-order chi connectivity index (χ1) is 12.7. The van der Waals surface area contributed by atoms with Crippen LogP contribution in [0.4, 0.5) is 4.39 Å². The molecule has 2 aromatic heterocycles. The molecule has 0 atom stereocenters. The number of fused-ring (bicyclic) bond motifs is 3. The molecule has 0 saturated heterocycles. The highest BCUT2D eigenvalue weighted by molar-refractivity contribution is 5.87. The second-order valence-electron chi connectivity index (χ2n) is 6.84. The largest absolute Gasteiger partial charge is 0.497 e. The summed E-state index contributed by atoms with van der Waals surface area (Å²) in [6.07, 6.45) is 4.82. The summed E-state index contributed by atoms with van der Waals surface area (Å²) in [5, 5.41) is 1.27. The zero-order valence-corrected chi connectivity index (χ0v) is 15.3. The van der Waals surface area contributed by atoms with Crippen LogP contribution in [0.15, 0.2) is 36.7 Å². The minimum atomic E-state index is -0.273. The molecule has 0 N–H and O–H groups in total. The molecule has 0 fully saturated rings. The van der Waals surface area contributed by atoms with Crippen LogP contribution in [0.25, 0.3) is 10.9 Å². The fourth-order valence-corrected chi connectivity index (χ4v) is 3.97. The van der Waals surface area contributed by atoms with Gasteiger partial charge in [-0.2, -0.15) is 0 Å². The SMILES string of the molecule is CCN1CCc2c(c3cc(OC)ccc3n2CCc2cncc(F)c2)C1. The van der Waals surface area contributed by atoms with Gasteiger partial charge in [-0.25, -0.2) is 4.39 Å². The number of aromatic nitrogens is 2. The van der Waals surface area contributed by atoms with E-state index in [-0.39, 0.29) is 5.82 Å². The van der Waals surface area contributed by atoms with E-state index in [2.05, 4.69) is 33.5 Å². The summed E-state index contributed by atoms with van der Waals surface area (Å²) in [5.41, 5.74) is 4.98. The molecule has 0 spiro atoms. The van der Waals surface area contributed by atoms with Gasteiger partial charge in [-0.15, -0.1) is 0 Å². The molecule has 26 heavy (non-hydrogen) atoms. The van der Waals surface area contributed by atoms with E-state index in [9.17, 15) is 4.39 Å². The molecule has 0 saturated carbocycles. The van der Waals surface area contributed by atoms with Crippen LogP contribution in [0.3, 0.4) is 0 Å². The first kappa shape index (κ1) is 17.0. The molecule has 0 unspecified atom stereocenters. The normalized spacial score (nSPS) is 14.6. The van der Waals surface area contributed by atoms with Crippen molar-refractivity contribution in [1.29, 1.82) is 0 Å². The average Bonchev–Trinajstić information content (AvgIpc) is 2.98. The number of methoxy groups -OCH3 is 1. The number of rotatable bonds is 5. The lowest BCUT2D eigenvalue weighted by molar-refractivity contribution is 0.265. The molecule has 1 aliphatic heterocycles. The maximum absolute atomic E-state index is 13.4. The summed E-state index contributed by atoms with van der Waals surface area (Å²) < 4.78 is 21.3. The maximum Gasteiger partial charge on any atom is 0.141 e. The minimum absolute atomic E-state index is 0.273. The van der Waals surface area contributed by atoms with E-state index >= 15 is 0 Å². The quantitative estimate of drug-likeness (QED) is 0.699. The van der Waals surface area contributed by atoms with Gasteiger partial charge in [-0.3, -0.25) is 9.88 Å². The second kappa shape index (κ2) is 7.08. The van der Waals surface area contributed by atoms with Gasteiger partial charge in [0, 0.05) is 48.8 Å². The number of pyridine rings is 1. The van der Waals surface area contributed by atoms with Crippen LogP contribution in [0, 0.1) is 5.82 Å². The van der Waals surface area contributed by atoms with Crippen molar-refractivity contribution in [3.05, 3.63) is 59.3 Å². The number of hydrogen-bond donors (Lipinski definition) is 0. The Morgan fingerprint density at radius 3 is 2.88 bits per heavy atom. The Morgan fingerprint density at radius 2 is 2.12 bits per heavy atom.